The summed E-state index contributed by atoms with van der Waals surface area (Å²) in [5, 5.41) is 3.50. The van der Waals surface area contributed by atoms with E-state index in [1.54, 1.807) is 0 Å². The van der Waals surface area contributed by atoms with Crippen molar-refractivity contribution < 1.29 is 0 Å². The maximum atomic E-state index is 3.87. The van der Waals surface area contributed by atoms with Crippen LogP contribution < -0.4 is 5.32 Å². The first kappa shape index (κ1) is 10.8. The van der Waals surface area contributed by atoms with Crippen LogP contribution >= 0.6 is 0 Å². The Morgan fingerprint density at radius 3 is 2.94 bits per heavy atom. The van der Waals surface area contributed by atoms with E-state index in [9.17, 15) is 0 Å². The molecule has 0 amide bonds. The van der Waals surface area contributed by atoms with Crippen molar-refractivity contribution in [1.82, 2.24) is 4.90 Å². The number of anilines is 1. The predicted octanol–water partition coefficient (Wildman–Crippen LogP) is 2.85. The molecule has 0 saturated heterocycles. The van der Waals surface area contributed by atoms with Crippen LogP contribution in [-0.4, -0.2) is 30.6 Å². The van der Waals surface area contributed by atoms with Gasteiger partial charge in [0.2, 0.25) is 0 Å². The summed E-state index contributed by atoms with van der Waals surface area (Å²) in [5.41, 5.74) is 2.81. The molecule has 2 heteroatoms. The monoisotopic (exact) mass is 228 g/mol. The lowest BCUT2D eigenvalue weighted by Crippen LogP contribution is -2.31. The van der Waals surface area contributed by atoms with Gasteiger partial charge < -0.3 is 5.32 Å². The molecular formula is C15H20N2. The molecule has 1 unspecified atom stereocenters. The van der Waals surface area contributed by atoms with Gasteiger partial charge in [-0.2, -0.15) is 0 Å². The van der Waals surface area contributed by atoms with Crippen LogP contribution in [0.4, 0.5) is 5.69 Å². The Balaban J connectivity index is 1.71. The maximum absolute atomic E-state index is 3.87. The Morgan fingerprint density at radius 1 is 1.35 bits per heavy atom. The smallest absolute Gasteiger partial charge is 0.0376 e. The lowest BCUT2D eigenvalue weighted by atomic mass is 10.0. The number of rotatable bonds is 5. The number of fused-ring (bicyclic) bond motifs is 1. The number of benzene rings is 1. The van der Waals surface area contributed by atoms with Crippen molar-refractivity contribution in [3.05, 3.63) is 42.5 Å². The van der Waals surface area contributed by atoms with Crippen LogP contribution in [0.5, 0.6) is 0 Å². The lowest BCUT2D eigenvalue weighted by Gasteiger charge is -2.24. The van der Waals surface area contributed by atoms with Crippen LogP contribution in [0, 0.1) is 0 Å². The second-order valence-corrected chi connectivity index (χ2v) is 5.14. The Kier molecular flexibility index (Phi) is 2.89. The lowest BCUT2D eigenvalue weighted by molar-refractivity contribution is 0.277. The fourth-order valence-corrected chi connectivity index (χ4v) is 2.78. The van der Waals surface area contributed by atoms with Gasteiger partial charge in [0.1, 0.15) is 0 Å². The minimum Gasteiger partial charge on any atom is -0.384 e. The molecule has 1 atom stereocenters. The SMILES string of the molecule is C=CCN(CC1CNc2ccccc21)C1CC1. The van der Waals surface area contributed by atoms with E-state index in [-0.39, 0.29) is 0 Å². The van der Waals surface area contributed by atoms with Gasteiger partial charge in [-0.15, -0.1) is 6.58 Å². The van der Waals surface area contributed by atoms with Crippen molar-refractivity contribution in [2.45, 2.75) is 24.8 Å². The molecule has 0 bridgehead atoms. The van der Waals surface area contributed by atoms with Gasteiger partial charge in [0, 0.05) is 37.3 Å². The zero-order valence-corrected chi connectivity index (χ0v) is 10.2. The molecule has 2 aliphatic rings. The normalized spacial score (nSPS) is 22.3. The molecule has 2 nitrogen and oxygen atoms in total. The van der Waals surface area contributed by atoms with E-state index in [1.165, 1.54) is 30.6 Å². The van der Waals surface area contributed by atoms with E-state index in [2.05, 4.69) is 41.1 Å². The van der Waals surface area contributed by atoms with Gasteiger partial charge in [0.15, 0.2) is 0 Å². The van der Waals surface area contributed by atoms with Crippen LogP contribution in [0.1, 0.15) is 24.3 Å². The minimum atomic E-state index is 0.645. The van der Waals surface area contributed by atoms with Crippen molar-refractivity contribution in [3.8, 4) is 0 Å². The third-order valence-electron chi connectivity index (χ3n) is 3.82. The molecule has 1 aromatic rings. The van der Waals surface area contributed by atoms with E-state index < -0.39 is 0 Å². The van der Waals surface area contributed by atoms with Gasteiger partial charge in [0.05, 0.1) is 0 Å². The molecule has 1 aromatic carbocycles. The highest BCUT2D eigenvalue weighted by molar-refractivity contribution is 5.57. The molecule has 0 spiro atoms. The Morgan fingerprint density at radius 2 is 2.18 bits per heavy atom. The first-order valence-electron chi connectivity index (χ1n) is 6.56. The van der Waals surface area contributed by atoms with Crippen molar-refractivity contribution in [2.24, 2.45) is 0 Å². The van der Waals surface area contributed by atoms with Crippen molar-refractivity contribution in [3.63, 3.8) is 0 Å². The molecule has 1 saturated carbocycles. The highest BCUT2D eigenvalue weighted by Crippen LogP contribution is 2.34. The predicted molar refractivity (Wildman–Crippen MR) is 72.5 cm³/mol. The van der Waals surface area contributed by atoms with Gasteiger partial charge in [-0.05, 0) is 24.5 Å². The van der Waals surface area contributed by atoms with Crippen LogP contribution in [0.2, 0.25) is 0 Å². The minimum absolute atomic E-state index is 0.645. The van der Waals surface area contributed by atoms with Crippen molar-refractivity contribution in [1.29, 1.82) is 0 Å². The third-order valence-corrected chi connectivity index (χ3v) is 3.82. The Hall–Kier alpha value is -1.28. The number of nitrogens with zero attached hydrogens (tertiary/aromatic N) is 1. The van der Waals surface area contributed by atoms with Crippen LogP contribution in [0.15, 0.2) is 36.9 Å². The Bertz CT molecular complexity index is 409. The molecule has 1 aliphatic carbocycles. The number of para-hydroxylation sites is 1. The molecule has 1 N–H and O–H groups in total. The number of nitrogens with one attached hydrogen (secondary N) is 1. The third kappa shape index (κ3) is 2.22. The van der Waals surface area contributed by atoms with Gasteiger partial charge in [-0.3, -0.25) is 4.90 Å². The molecule has 1 fully saturated rings. The zero-order chi connectivity index (χ0) is 11.7. The summed E-state index contributed by atoms with van der Waals surface area (Å²) in [6.45, 7) is 7.15. The summed E-state index contributed by atoms with van der Waals surface area (Å²) in [5.74, 6) is 0.645. The second kappa shape index (κ2) is 4.53. The van der Waals surface area contributed by atoms with E-state index in [0.29, 0.717) is 5.92 Å². The fourth-order valence-electron chi connectivity index (χ4n) is 2.78. The van der Waals surface area contributed by atoms with Crippen molar-refractivity contribution in [2.75, 3.05) is 25.0 Å². The summed E-state index contributed by atoms with van der Waals surface area (Å²) in [6, 6.07) is 9.52. The highest BCUT2D eigenvalue weighted by atomic mass is 15.2. The molecule has 0 radical (unpaired) electrons. The quantitative estimate of drug-likeness (QED) is 0.780. The summed E-state index contributed by atoms with van der Waals surface area (Å²) >= 11 is 0. The van der Waals surface area contributed by atoms with E-state index in [1.807, 2.05) is 6.08 Å². The molecule has 17 heavy (non-hydrogen) atoms. The largest absolute Gasteiger partial charge is 0.384 e. The van der Waals surface area contributed by atoms with Gasteiger partial charge in [-0.1, -0.05) is 24.3 Å². The maximum Gasteiger partial charge on any atom is 0.0376 e. The highest BCUT2D eigenvalue weighted by Gasteiger charge is 2.31. The van der Waals surface area contributed by atoms with Crippen molar-refractivity contribution >= 4 is 5.69 Å². The van der Waals surface area contributed by atoms with Gasteiger partial charge in [-0.25, -0.2) is 0 Å². The average Bonchev–Trinajstić information content (AvgIpc) is 3.12. The number of hydrogen-bond donors (Lipinski definition) is 1. The molecular weight excluding hydrogens is 208 g/mol. The summed E-state index contributed by atoms with van der Waals surface area (Å²) < 4.78 is 0. The van der Waals surface area contributed by atoms with Crippen LogP contribution in [-0.2, 0) is 0 Å². The fraction of sp³-hybridized carbons (Fsp3) is 0.467. The molecule has 1 aliphatic heterocycles. The molecule has 3 rings (SSSR count). The molecule has 90 valence electrons. The molecule has 1 heterocycles. The zero-order valence-electron chi connectivity index (χ0n) is 10.2. The standard InChI is InChI=1S/C15H20N2/c1-2-9-17(13-7-8-13)11-12-10-16-15-6-4-3-5-14(12)15/h2-6,12-13,16H,1,7-11H2. The van der Waals surface area contributed by atoms with E-state index >= 15 is 0 Å². The molecule has 0 aromatic heterocycles. The Labute approximate surface area is 103 Å². The average molecular weight is 228 g/mol. The second-order valence-electron chi connectivity index (χ2n) is 5.14. The van der Waals surface area contributed by atoms with E-state index in [4.69, 9.17) is 0 Å². The summed E-state index contributed by atoms with van der Waals surface area (Å²) in [4.78, 5) is 2.58. The van der Waals surface area contributed by atoms with Gasteiger partial charge >= 0.3 is 0 Å². The van der Waals surface area contributed by atoms with Gasteiger partial charge in [0.25, 0.3) is 0 Å². The van der Waals surface area contributed by atoms with Crippen LogP contribution in [0.25, 0.3) is 0 Å². The first-order chi connectivity index (χ1) is 8.38. The first-order valence-corrected chi connectivity index (χ1v) is 6.56. The van der Waals surface area contributed by atoms with Crippen LogP contribution in [0.3, 0.4) is 0 Å². The van der Waals surface area contributed by atoms with E-state index in [0.717, 1.165) is 19.1 Å². The summed E-state index contributed by atoms with van der Waals surface area (Å²) in [6.07, 6.45) is 4.78. The topological polar surface area (TPSA) is 15.3 Å². The summed E-state index contributed by atoms with van der Waals surface area (Å²) in [7, 11) is 0. The number of hydrogen-bond acceptors (Lipinski definition) is 2.